The molecule has 1 aliphatic heterocycles. The number of nitrogens with zero attached hydrogens (tertiary/aromatic N) is 2. The highest BCUT2D eigenvalue weighted by Crippen LogP contribution is 2.17. The number of ether oxygens (including phenoxy) is 1. The number of hydrogen-bond donors (Lipinski definition) is 1. The first-order chi connectivity index (χ1) is 9.51. The minimum absolute atomic E-state index is 0.0334. The lowest BCUT2D eigenvalue weighted by Gasteiger charge is -2.38. The van der Waals surface area contributed by atoms with Gasteiger partial charge in [-0.15, -0.1) is 0 Å². The van der Waals surface area contributed by atoms with Crippen molar-refractivity contribution < 1.29 is 9.53 Å². The maximum absolute atomic E-state index is 11.6. The molecule has 2 amide bonds. The Kier molecular flexibility index (Phi) is 4.32. The molecule has 1 fully saturated rings. The molecule has 1 N–H and O–H groups in total. The average molecular weight is 279 g/mol. The zero-order valence-corrected chi connectivity index (χ0v) is 12.2. The van der Waals surface area contributed by atoms with E-state index in [1.807, 2.05) is 19.9 Å². The summed E-state index contributed by atoms with van der Waals surface area (Å²) in [6, 6.07) is 3.26. The molecule has 0 atom stereocenters. The van der Waals surface area contributed by atoms with Crippen LogP contribution in [0, 0.1) is 6.92 Å². The average Bonchev–Trinajstić information content (AvgIpc) is 2.36. The van der Waals surface area contributed by atoms with Crippen molar-refractivity contribution in [2.75, 3.05) is 19.6 Å². The predicted octanol–water partition coefficient (Wildman–Crippen LogP) is 0.876. The Bertz CT molecular complexity index is 547. The monoisotopic (exact) mass is 279 g/mol. The van der Waals surface area contributed by atoms with Gasteiger partial charge in [0.15, 0.2) is 0 Å². The minimum atomic E-state index is -0.0862. The number of urea groups is 1. The number of hydrogen-bond acceptors (Lipinski definition) is 3. The van der Waals surface area contributed by atoms with Crippen molar-refractivity contribution in [1.29, 1.82) is 0 Å². The topological polar surface area (TPSA) is 63.6 Å². The third-order valence-corrected chi connectivity index (χ3v) is 3.44. The molecule has 6 nitrogen and oxygen atoms in total. The molecule has 0 radical (unpaired) electrons. The summed E-state index contributed by atoms with van der Waals surface area (Å²) in [6.45, 7) is 5.68. The van der Waals surface area contributed by atoms with E-state index in [1.54, 1.807) is 16.5 Å². The molecule has 1 aromatic rings. The summed E-state index contributed by atoms with van der Waals surface area (Å²) in [7, 11) is 1.73. The smallest absolute Gasteiger partial charge is 0.317 e. The first kappa shape index (κ1) is 14.4. The van der Waals surface area contributed by atoms with Gasteiger partial charge in [-0.3, -0.25) is 4.79 Å². The predicted molar refractivity (Wildman–Crippen MR) is 76.1 cm³/mol. The van der Waals surface area contributed by atoms with E-state index < -0.39 is 0 Å². The van der Waals surface area contributed by atoms with Gasteiger partial charge in [-0.2, -0.15) is 0 Å². The number of nitrogens with one attached hydrogen (secondary N) is 1. The van der Waals surface area contributed by atoms with Crippen LogP contribution in [0.15, 0.2) is 16.9 Å². The van der Waals surface area contributed by atoms with E-state index in [-0.39, 0.29) is 17.7 Å². The normalized spacial score (nSPS) is 14.8. The molecule has 0 spiro atoms. The SMILES string of the molecule is CCCNC(=O)N1CC(Oc2cc(C)n(C)c(=O)c2)C1. The summed E-state index contributed by atoms with van der Waals surface area (Å²) in [5.74, 6) is 0.573. The Balaban J connectivity index is 1.86. The van der Waals surface area contributed by atoms with E-state index in [4.69, 9.17) is 4.74 Å². The number of aryl methyl sites for hydroxylation is 1. The van der Waals surface area contributed by atoms with Crippen LogP contribution in [0.4, 0.5) is 4.79 Å². The van der Waals surface area contributed by atoms with Gasteiger partial charge in [0.05, 0.1) is 13.1 Å². The number of pyridine rings is 1. The van der Waals surface area contributed by atoms with Crippen molar-refractivity contribution in [3.8, 4) is 5.75 Å². The lowest BCUT2D eigenvalue weighted by molar-refractivity contribution is 0.0443. The van der Waals surface area contributed by atoms with E-state index in [0.29, 0.717) is 25.4 Å². The summed E-state index contributed by atoms with van der Waals surface area (Å²) < 4.78 is 7.28. The Morgan fingerprint density at radius 2 is 2.15 bits per heavy atom. The van der Waals surface area contributed by atoms with Crippen molar-refractivity contribution in [3.63, 3.8) is 0 Å². The van der Waals surface area contributed by atoms with Crippen molar-refractivity contribution >= 4 is 6.03 Å². The van der Waals surface area contributed by atoms with Crippen LogP contribution in [0.25, 0.3) is 0 Å². The summed E-state index contributed by atoms with van der Waals surface area (Å²) >= 11 is 0. The van der Waals surface area contributed by atoms with Gasteiger partial charge in [-0.05, 0) is 19.4 Å². The molecular formula is C14H21N3O3. The van der Waals surface area contributed by atoms with Crippen LogP contribution in [-0.2, 0) is 7.05 Å². The Morgan fingerprint density at radius 3 is 2.75 bits per heavy atom. The van der Waals surface area contributed by atoms with E-state index >= 15 is 0 Å². The van der Waals surface area contributed by atoms with Gasteiger partial charge >= 0.3 is 6.03 Å². The summed E-state index contributed by atoms with van der Waals surface area (Å²) in [4.78, 5) is 25.0. The van der Waals surface area contributed by atoms with Crippen LogP contribution < -0.4 is 15.6 Å². The number of carbonyl (C=O) groups is 1. The first-order valence-electron chi connectivity index (χ1n) is 6.88. The van der Waals surface area contributed by atoms with Crippen LogP contribution in [0.3, 0.4) is 0 Å². The minimum Gasteiger partial charge on any atom is -0.486 e. The fourth-order valence-corrected chi connectivity index (χ4v) is 2.02. The third-order valence-electron chi connectivity index (χ3n) is 3.44. The largest absolute Gasteiger partial charge is 0.486 e. The number of amides is 2. The molecule has 110 valence electrons. The highest BCUT2D eigenvalue weighted by molar-refractivity contribution is 5.75. The van der Waals surface area contributed by atoms with E-state index in [9.17, 15) is 9.59 Å². The third kappa shape index (κ3) is 3.12. The second-order valence-corrected chi connectivity index (χ2v) is 5.11. The molecule has 0 aromatic carbocycles. The number of carbonyl (C=O) groups excluding carboxylic acids is 1. The maximum Gasteiger partial charge on any atom is 0.317 e. The van der Waals surface area contributed by atoms with Crippen molar-refractivity contribution in [1.82, 2.24) is 14.8 Å². The number of rotatable bonds is 4. The molecule has 6 heteroatoms. The van der Waals surface area contributed by atoms with Crippen LogP contribution >= 0.6 is 0 Å². The van der Waals surface area contributed by atoms with Gasteiger partial charge in [0.25, 0.3) is 5.56 Å². The van der Waals surface area contributed by atoms with Gasteiger partial charge < -0.3 is 19.5 Å². The molecule has 1 aliphatic rings. The summed E-state index contributed by atoms with van der Waals surface area (Å²) in [6.07, 6.45) is 0.889. The fourth-order valence-electron chi connectivity index (χ4n) is 2.02. The second-order valence-electron chi connectivity index (χ2n) is 5.11. The van der Waals surface area contributed by atoms with Gasteiger partial charge in [0.2, 0.25) is 0 Å². The van der Waals surface area contributed by atoms with Crippen LogP contribution in [0.5, 0.6) is 5.75 Å². The molecule has 2 rings (SSSR count). The summed E-state index contributed by atoms with van der Waals surface area (Å²) in [5, 5.41) is 2.82. The second kappa shape index (κ2) is 5.98. The molecule has 0 aliphatic carbocycles. The van der Waals surface area contributed by atoms with Gasteiger partial charge in [0.1, 0.15) is 11.9 Å². The van der Waals surface area contributed by atoms with Crippen molar-refractivity contribution in [2.45, 2.75) is 26.4 Å². The maximum atomic E-state index is 11.6. The standard InChI is InChI=1S/C14H21N3O3/c1-4-5-15-14(19)17-8-12(9-17)20-11-6-10(2)16(3)13(18)7-11/h6-7,12H,4-5,8-9H2,1-3H3,(H,15,19). The van der Waals surface area contributed by atoms with Crippen LogP contribution in [0.2, 0.25) is 0 Å². The van der Waals surface area contributed by atoms with E-state index in [1.165, 1.54) is 6.07 Å². The molecular weight excluding hydrogens is 258 g/mol. The molecule has 0 bridgehead atoms. The molecule has 0 saturated carbocycles. The number of aromatic nitrogens is 1. The molecule has 1 saturated heterocycles. The summed E-state index contributed by atoms with van der Waals surface area (Å²) in [5.41, 5.74) is 0.765. The highest BCUT2D eigenvalue weighted by Gasteiger charge is 2.32. The van der Waals surface area contributed by atoms with Crippen molar-refractivity contribution in [3.05, 3.63) is 28.2 Å². The van der Waals surface area contributed by atoms with Crippen molar-refractivity contribution in [2.24, 2.45) is 7.05 Å². The number of likely N-dealkylation sites (tertiary alicyclic amines) is 1. The lowest BCUT2D eigenvalue weighted by atomic mass is 10.2. The molecule has 0 unspecified atom stereocenters. The van der Waals surface area contributed by atoms with E-state index in [0.717, 1.165) is 12.1 Å². The van der Waals surface area contributed by atoms with Crippen LogP contribution in [-0.4, -0.2) is 41.2 Å². The molecule has 2 heterocycles. The zero-order valence-electron chi connectivity index (χ0n) is 12.2. The van der Waals surface area contributed by atoms with Crippen LogP contribution in [0.1, 0.15) is 19.0 Å². The Labute approximate surface area is 118 Å². The quantitative estimate of drug-likeness (QED) is 0.889. The van der Waals surface area contributed by atoms with Gasteiger partial charge in [-0.1, -0.05) is 6.92 Å². The zero-order chi connectivity index (χ0) is 14.7. The van der Waals surface area contributed by atoms with Gasteiger partial charge in [-0.25, -0.2) is 4.79 Å². The highest BCUT2D eigenvalue weighted by atomic mass is 16.5. The Morgan fingerprint density at radius 1 is 1.45 bits per heavy atom. The fraction of sp³-hybridized carbons (Fsp3) is 0.571. The van der Waals surface area contributed by atoms with Gasteiger partial charge in [0, 0.05) is 25.4 Å². The van der Waals surface area contributed by atoms with E-state index in [2.05, 4.69) is 5.32 Å². The molecule has 1 aromatic heterocycles. The Hall–Kier alpha value is -1.98. The molecule has 20 heavy (non-hydrogen) atoms. The first-order valence-corrected chi connectivity index (χ1v) is 6.88. The lowest BCUT2D eigenvalue weighted by Crippen LogP contribution is -2.59.